The molecule has 0 bridgehead atoms. The van der Waals surface area contributed by atoms with Gasteiger partial charge in [-0.25, -0.2) is 9.48 Å². The first-order valence-electron chi connectivity index (χ1n) is 15.2. The van der Waals surface area contributed by atoms with E-state index in [1.54, 1.807) is 4.68 Å². The summed E-state index contributed by atoms with van der Waals surface area (Å²) in [5, 5.41) is 9.38. The first kappa shape index (κ1) is 34.1. The predicted molar refractivity (Wildman–Crippen MR) is 196 cm³/mol. The molecule has 2 heterocycles. The van der Waals surface area contributed by atoms with E-state index in [1.807, 2.05) is 105 Å². The molecule has 12 heteroatoms. The van der Waals surface area contributed by atoms with Gasteiger partial charge in [0.25, 0.3) is 0 Å². The quantitative estimate of drug-likeness (QED) is 0.0985. The molecule has 246 valence electrons. The van der Waals surface area contributed by atoms with Crippen LogP contribution in [0.15, 0.2) is 116 Å². The number of benzene rings is 4. The third kappa shape index (κ3) is 7.92. The normalized spacial score (nSPS) is 13.9. The van der Waals surface area contributed by atoms with Gasteiger partial charge in [0, 0.05) is 20.9 Å². The van der Waals surface area contributed by atoms with Crippen LogP contribution in [0.25, 0.3) is 0 Å². The second-order valence-corrected chi connectivity index (χ2v) is 14.0. The van der Waals surface area contributed by atoms with E-state index in [-0.39, 0.29) is 6.61 Å². The number of anilines is 1. The fourth-order valence-electron chi connectivity index (χ4n) is 5.21. The van der Waals surface area contributed by atoms with Gasteiger partial charge in [-0.1, -0.05) is 100.0 Å². The van der Waals surface area contributed by atoms with Gasteiger partial charge in [-0.2, -0.15) is 4.98 Å². The van der Waals surface area contributed by atoms with Crippen LogP contribution >= 0.6 is 55.2 Å². The number of carbonyl (C=O) groups is 1. The van der Waals surface area contributed by atoms with Gasteiger partial charge in [-0.3, -0.25) is 0 Å². The second-order valence-electron chi connectivity index (χ2n) is 10.8. The van der Waals surface area contributed by atoms with Crippen LogP contribution in [0.5, 0.6) is 11.5 Å². The highest BCUT2D eigenvalue weighted by atomic mass is 79.9. The smallest absolute Gasteiger partial charge is 0.338 e. The van der Waals surface area contributed by atoms with E-state index in [1.165, 1.54) is 11.8 Å². The Kier molecular flexibility index (Phi) is 11.1. The van der Waals surface area contributed by atoms with E-state index >= 15 is 0 Å². The summed E-state index contributed by atoms with van der Waals surface area (Å²) in [5.74, 6) is 1.70. The summed E-state index contributed by atoms with van der Waals surface area (Å²) >= 11 is 15.1. The molecule has 0 aliphatic carbocycles. The summed E-state index contributed by atoms with van der Waals surface area (Å²) < 4.78 is 21.6. The van der Waals surface area contributed by atoms with E-state index in [0.717, 1.165) is 26.7 Å². The van der Waals surface area contributed by atoms with Crippen molar-refractivity contribution < 1.29 is 19.0 Å². The van der Waals surface area contributed by atoms with E-state index < -0.39 is 12.0 Å². The van der Waals surface area contributed by atoms with Crippen molar-refractivity contribution in [3.63, 3.8) is 0 Å². The summed E-state index contributed by atoms with van der Waals surface area (Å²) in [7, 11) is 0. The van der Waals surface area contributed by atoms with Crippen LogP contribution in [-0.2, 0) is 28.5 Å². The van der Waals surface area contributed by atoms with Gasteiger partial charge in [-0.15, -0.1) is 5.10 Å². The van der Waals surface area contributed by atoms with Crippen molar-refractivity contribution in [2.75, 3.05) is 11.9 Å². The molecule has 8 nitrogen and oxygen atoms in total. The van der Waals surface area contributed by atoms with Gasteiger partial charge in [-0.05, 0) is 82.4 Å². The van der Waals surface area contributed by atoms with E-state index in [9.17, 15) is 4.79 Å². The first-order chi connectivity index (χ1) is 23.3. The fraction of sp³-hybridized carbons (Fsp3) is 0.194. The van der Waals surface area contributed by atoms with Crippen LogP contribution in [0.1, 0.15) is 42.1 Å². The van der Waals surface area contributed by atoms with Gasteiger partial charge >= 0.3 is 5.97 Å². The van der Waals surface area contributed by atoms with Gasteiger partial charge in [0.05, 0.1) is 16.7 Å². The molecule has 4 aromatic carbocycles. The number of fused-ring (bicyclic) bond motifs is 1. The Morgan fingerprint density at radius 3 is 2.44 bits per heavy atom. The lowest BCUT2D eigenvalue weighted by molar-refractivity contribution is -0.140. The Balaban J connectivity index is 1.36. The molecule has 1 unspecified atom stereocenters. The summed E-state index contributed by atoms with van der Waals surface area (Å²) in [4.78, 5) is 18.7. The minimum Gasteiger partial charge on any atom is -0.490 e. The predicted octanol–water partition coefficient (Wildman–Crippen LogP) is 9.76. The Morgan fingerprint density at radius 2 is 1.69 bits per heavy atom. The summed E-state index contributed by atoms with van der Waals surface area (Å²) in [6.45, 7) is 4.64. The van der Waals surface area contributed by atoms with Gasteiger partial charge in [0.15, 0.2) is 11.5 Å². The zero-order valence-electron chi connectivity index (χ0n) is 26.1. The van der Waals surface area contributed by atoms with Crippen LogP contribution in [0.3, 0.4) is 0 Å². The van der Waals surface area contributed by atoms with Crippen molar-refractivity contribution in [1.82, 2.24) is 14.8 Å². The number of halogens is 3. The largest absolute Gasteiger partial charge is 0.490 e. The third-order valence-electron chi connectivity index (χ3n) is 7.52. The first-order valence-corrected chi connectivity index (χ1v) is 18.1. The van der Waals surface area contributed by atoms with Crippen molar-refractivity contribution in [2.24, 2.45) is 0 Å². The average Bonchev–Trinajstić information content (AvgIpc) is 3.49. The van der Waals surface area contributed by atoms with Crippen LogP contribution in [-0.4, -0.2) is 27.3 Å². The zero-order valence-corrected chi connectivity index (χ0v) is 30.8. The molecule has 1 atom stereocenters. The topological polar surface area (TPSA) is 87.5 Å². The lowest BCUT2D eigenvalue weighted by atomic mass is 9.95. The maximum absolute atomic E-state index is 13.9. The molecule has 6 rings (SSSR count). The highest BCUT2D eigenvalue weighted by Gasteiger charge is 2.36. The molecule has 1 N–H and O–H groups in total. The Hall–Kier alpha value is -3.77. The maximum Gasteiger partial charge on any atom is 0.338 e. The third-order valence-corrected chi connectivity index (χ3v) is 9.90. The van der Waals surface area contributed by atoms with Gasteiger partial charge in [0.1, 0.15) is 19.3 Å². The summed E-state index contributed by atoms with van der Waals surface area (Å²) in [6, 6.07) is 28.4. The molecule has 0 saturated carbocycles. The minimum absolute atomic E-state index is 0.128. The lowest BCUT2D eigenvalue weighted by Gasteiger charge is -2.29. The molecule has 0 fully saturated rings. The number of rotatable bonds is 12. The second kappa shape index (κ2) is 15.6. The van der Waals surface area contributed by atoms with Crippen LogP contribution < -0.4 is 14.8 Å². The SMILES string of the molecule is CCOc1cc(C2C(C(=O)OCc3ccccc3)=C(C)Nc3nc(SCc4ccccc4Cl)nn32)cc(Br)c1OCc1ccc(Br)cc1. The van der Waals surface area contributed by atoms with Crippen molar-refractivity contribution >= 4 is 67.1 Å². The standard InChI is InChI=1S/C36H31Br2ClN4O4S/c1-3-45-30-18-26(17-28(38)33(30)46-19-24-13-15-27(37)16-14-24)32-31(34(44)47-20-23-9-5-4-6-10-23)22(2)40-35-41-36(42-43(32)35)48-21-25-11-7-8-12-29(25)39/h4-18,32H,3,19-21H2,1-2H3,(H,40,41,42). The molecule has 0 saturated heterocycles. The van der Waals surface area contributed by atoms with Crippen molar-refractivity contribution in [1.29, 1.82) is 0 Å². The number of esters is 1. The highest BCUT2D eigenvalue weighted by Crippen LogP contribution is 2.44. The number of hydrogen-bond acceptors (Lipinski definition) is 8. The molecular formula is C36H31Br2ClN4O4S. The number of thioether (sulfide) groups is 1. The molecule has 5 aromatic rings. The molecule has 1 aromatic heterocycles. The van der Waals surface area contributed by atoms with Crippen LogP contribution in [0, 0.1) is 0 Å². The number of hydrogen-bond donors (Lipinski definition) is 1. The number of carbonyl (C=O) groups excluding carboxylic acids is 1. The summed E-state index contributed by atoms with van der Waals surface area (Å²) in [6.07, 6.45) is 0. The average molecular weight is 811 g/mol. The highest BCUT2D eigenvalue weighted by molar-refractivity contribution is 9.10. The Bertz CT molecular complexity index is 1950. The van der Waals surface area contributed by atoms with Crippen molar-refractivity contribution in [2.45, 2.75) is 44.0 Å². The van der Waals surface area contributed by atoms with Gasteiger partial charge < -0.3 is 19.5 Å². The maximum atomic E-state index is 13.9. The number of aromatic nitrogens is 3. The van der Waals surface area contributed by atoms with E-state index in [2.05, 4.69) is 37.2 Å². The lowest BCUT2D eigenvalue weighted by Crippen LogP contribution is -2.29. The van der Waals surface area contributed by atoms with Crippen LogP contribution in [0.4, 0.5) is 5.95 Å². The molecule has 1 aliphatic heterocycles. The van der Waals surface area contributed by atoms with E-state index in [4.69, 9.17) is 35.9 Å². The Morgan fingerprint density at radius 1 is 0.958 bits per heavy atom. The number of allylic oxidation sites excluding steroid dienone is 1. The van der Waals surface area contributed by atoms with Crippen molar-refractivity contribution in [3.05, 3.63) is 138 Å². The zero-order chi connectivity index (χ0) is 33.6. The van der Waals surface area contributed by atoms with E-state index in [0.29, 0.717) is 62.3 Å². The molecule has 48 heavy (non-hydrogen) atoms. The van der Waals surface area contributed by atoms with Crippen LogP contribution in [0.2, 0.25) is 5.02 Å². The fourth-order valence-corrected chi connectivity index (χ4v) is 7.16. The van der Waals surface area contributed by atoms with Gasteiger partial charge in [0.2, 0.25) is 11.1 Å². The molecule has 1 aliphatic rings. The Labute approximate surface area is 305 Å². The van der Waals surface area contributed by atoms with Crippen molar-refractivity contribution in [3.8, 4) is 11.5 Å². The molecule has 0 radical (unpaired) electrons. The molecular weight excluding hydrogens is 780 g/mol. The number of ether oxygens (including phenoxy) is 3. The molecule has 0 spiro atoms. The monoisotopic (exact) mass is 808 g/mol. The number of nitrogens with one attached hydrogen (secondary N) is 1. The number of nitrogens with zero attached hydrogens (tertiary/aromatic N) is 3. The minimum atomic E-state index is -0.678. The summed E-state index contributed by atoms with van der Waals surface area (Å²) in [5.41, 5.74) is 4.63. The molecule has 0 amide bonds.